The molecule has 0 spiro atoms. The Kier molecular flexibility index (Phi) is 4.36. The van der Waals surface area contributed by atoms with Gasteiger partial charge in [-0.3, -0.25) is 0 Å². The van der Waals surface area contributed by atoms with Crippen molar-refractivity contribution >= 4 is 0 Å². The Bertz CT molecular complexity index is 481. The van der Waals surface area contributed by atoms with Gasteiger partial charge >= 0.3 is 0 Å². The second-order valence-electron chi connectivity index (χ2n) is 4.13. The number of pyridine rings is 1. The SMILES string of the molecule is CCCc1cc(CN)cc(OCc2ccco2)n1. The third-order valence-corrected chi connectivity index (χ3v) is 2.60. The summed E-state index contributed by atoms with van der Waals surface area (Å²) >= 11 is 0. The molecule has 0 amide bonds. The molecule has 0 unspecified atom stereocenters. The summed E-state index contributed by atoms with van der Waals surface area (Å²) in [5.74, 6) is 1.39. The molecule has 0 atom stereocenters. The molecule has 0 aromatic carbocycles. The van der Waals surface area contributed by atoms with Gasteiger partial charge in [0.2, 0.25) is 5.88 Å². The molecular formula is C14H18N2O2. The van der Waals surface area contributed by atoms with E-state index in [4.69, 9.17) is 14.9 Å². The smallest absolute Gasteiger partial charge is 0.214 e. The van der Waals surface area contributed by atoms with Gasteiger partial charge in [0.05, 0.1) is 6.26 Å². The van der Waals surface area contributed by atoms with E-state index in [0.29, 0.717) is 19.0 Å². The molecule has 4 heteroatoms. The average molecular weight is 246 g/mol. The first-order valence-electron chi connectivity index (χ1n) is 6.17. The third kappa shape index (κ3) is 3.34. The van der Waals surface area contributed by atoms with Crippen LogP contribution in [-0.2, 0) is 19.6 Å². The molecule has 18 heavy (non-hydrogen) atoms. The molecular weight excluding hydrogens is 228 g/mol. The molecule has 0 radical (unpaired) electrons. The second-order valence-corrected chi connectivity index (χ2v) is 4.13. The van der Waals surface area contributed by atoms with Crippen LogP contribution < -0.4 is 10.5 Å². The summed E-state index contributed by atoms with van der Waals surface area (Å²) in [5, 5.41) is 0. The van der Waals surface area contributed by atoms with Crippen molar-refractivity contribution in [1.29, 1.82) is 0 Å². The van der Waals surface area contributed by atoms with Crippen LogP contribution in [0.2, 0.25) is 0 Å². The molecule has 2 aromatic rings. The molecule has 0 aliphatic carbocycles. The number of hydrogen-bond acceptors (Lipinski definition) is 4. The minimum atomic E-state index is 0.388. The quantitative estimate of drug-likeness (QED) is 0.851. The van der Waals surface area contributed by atoms with Gasteiger partial charge in [-0.25, -0.2) is 4.98 Å². The molecule has 96 valence electrons. The van der Waals surface area contributed by atoms with E-state index in [-0.39, 0.29) is 0 Å². The van der Waals surface area contributed by atoms with Crippen LogP contribution in [0.25, 0.3) is 0 Å². The van der Waals surface area contributed by atoms with Crippen molar-refractivity contribution < 1.29 is 9.15 Å². The van der Waals surface area contributed by atoms with E-state index >= 15 is 0 Å². The molecule has 2 heterocycles. The minimum absolute atomic E-state index is 0.388. The topological polar surface area (TPSA) is 61.3 Å². The van der Waals surface area contributed by atoms with Crippen LogP contribution in [0.1, 0.15) is 30.4 Å². The predicted octanol–water partition coefficient (Wildman–Crippen LogP) is 2.66. The second kappa shape index (κ2) is 6.21. The summed E-state index contributed by atoms with van der Waals surface area (Å²) in [5.41, 5.74) is 7.74. The van der Waals surface area contributed by atoms with Crippen LogP contribution in [0.3, 0.4) is 0 Å². The largest absolute Gasteiger partial charge is 0.469 e. The predicted molar refractivity (Wildman–Crippen MR) is 69.2 cm³/mol. The molecule has 2 N–H and O–H groups in total. The van der Waals surface area contributed by atoms with E-state index in [9.17, 15) is 0 Å². The van der Waals surface area contributed by atoms with Gasteiger partial charge in [0.1, 0.15) is 12.4 Å². The first-order chi connectivity index (χ1) is 8.81. The molecule has 0 bridgehead atoms. The van der Waals surface area contributed by atoms with Crippen molar-refractivity contribution in [3.63, 3.8) is 0 Å². The highest BCUT2D eigenvalue weighted by Gasteiger charge is 2.04. The van der Waals surface area contributed by atoms with Gasteiger partial charge in [-0.15, -0.1) is 0 Å². The normalized spacial score (nSPS) is 10.6. The van der Waals surface area contributed by atoms with Crippen molar-refractivity contribution in [1.82, 2.24) is 4.98 Å². The maximum atomic E-state index is 5.67. The Hall–Kier alpha value is -1.81. The van der Waals surface area contributed by atoms with Crippen molar-refractivity contribution in [3.8, 4) is 5.88 Å². The van der Waals surface area contributed by atoms with Crippen LogP contribution in [0, 0.1) is 0 Å². The van der Waals surface area contributed by atoms with Crippen molar-refractivity contribution in [2.75, 3.05) is 0 Å². The zero-order valence-corrected chi connectivity index (χ0v) is 10.6. The number of nitrogens with two attached hydrogens (primary N) is 1. The van der Waals surface area contributed by atoms with Crippen molar-refractivity contribution in [3.05, 3.63) is 47.5 Å². The van der Waals surface area contributed by atoms with Crippen LogP contribution in [0.4, 0.5) is 0 Å². The summed E-state index contributed by atoms with van der Waals surface area (Å²) in [7, 11) is 0. The van der Waals surface area contributed by atoms with Crippen molar-refractivity contribution in [2.45, 2.75) is 32.9 Å². The highest BCUT2D eigenvalue weighted by Crippen LogP contribution is 2.15. The van der Waals surface area contributed by atoms with Gasteiger partial charge in [-0.2, -0.15) is 0 Å². The minimum Gasteiger partial charge on any atom is -0.469 e. The molecule has 0 fully saturated rings. The number of ether oxygens (including phenoxy) is 1. The Morgan fingerprint density at radius 1 is 1.39 bits per heavy atom. The Morgan fingerprint density at radius 3 is 2.94 bits per heavy atom. The van der Waals surface area contributed by atoms with Crippen LogP contribution in [0.5, 0.6) is 5.88 Å². The lowest BCUT2D eigenvalue weighted by atomic mass is 10.1. The van der Waals surface area contributed by atoms with Crippen LogP contribution in [0.15, 0.2) is 34.9 Å². The van der Waals surface area contributed by atoms with Crippen LogP contribution >= 0.6 is 0 Å². The fraction of sp³-hybridized carbons (Fsp3) is 0.357. The van der Waals surface area contributed by atoms with Crippen molar-refractivity contribution in [2.24, 2.45) is 5.73 Å². The number of rotatable bonds is 6. The first-order valence-corrected chi connectivity index (χ1v) is 6.17. The number of hydrogen-bond donors (Lipinski definition) is 1. The van der Waals surface area contributed by atoms with E-state index in [0.717, 1.165) is 29.9 Å². The summed E-state index contributed by atoms with van der Waals surface area (Å²) in [6, 6.07) is 7.62. The fourth-order valence-corrected chi connectivity index (χ4v) is 1.74. The van der Waals surface area contributed by atoms with Crippen LogP contribution in [-0.4, -0.2) is 4.98 Å². The average Bonchev–Trinajstić information content (AvgIpc) is 2.89. The summed E-state index contributed by atoms with van der Waals surface area (Å²) in [6.07, 6.45) is 3.62. The van der Waals surface area contributed by atoms with Gasteiger partial charge in [-0.05, 0) is 30.2 Å². The zero-order chi connectivity index (χ0) is 12.8. The first kappa shape index (κ1) is 12.6. The van der Waals surface area contributed by atoms with Gasteiger partial charge in [-0.1, -0.05) is 13.3 Å². The molecule has 0 aliphatic heterocycles. The molecule has 0 saturated heterocycles. The Morgan fingerprint density at radius 2 is 2.28 bits per heavy atom. The lowest BCUT2D eigenvalue weighted by Gasteiger charge is -2.08. The lowest BCUT2D eigenvalue weighted by Crippen LogP contribution is -2.03. The van der Waals surface area contributed by atoms with Gasteiger partial charge < -0.3 is 14.9 Å². The summed E-state index contributed by atoms with van der Waals surface area (Å²) in [4.78, 5) is 4.45. The molecule has 4 nitrogen and oxygen atoms in total. The highest BCUT2D eigenvalue weighted by atomic mass is 16.5. The number of furan rings is 1. The molecule has 2 aromatic heterocycles. The van der Waals surface area contributed by atoms with Gasteiger partial charge in [0.25, 0.3) is 0 Å². The Balaban J connectivity index is 2.08. The summed E-state index contributed by atoms with van der Waals surface area (Å²) in [6.45, 7) is 3.01. The van der Waals surface area contributed by atoms with Gasteiger partial charge in [0, 0.05) is 18.3 Å². The number of aromatic nitrogens is 1. The van der Waals surface area contributed by atoms with E-state index < -0.39 is 0 Å². The molecule has 0 aliphatic rings. The molecule has 2 rings (SSSR count). The fourth-order valence-electron chi connectivity index (χ4n) is 1.74. The Labute approximate surface area is 107 Å². The number of nitrogens with zero attached hydrogens (tertiary/aromatic N) is 1. The van der Waals surface area contributed by atoms with E-state index in [1.807, 2.05) is 24.3 Å². The zero-order valence-electron chi connectivity index (χ0n) is 10.6. The monoisotopic (exact) mass is 246 g/mol. The maximum absolute atomic E-state index is 5.67. The van der Waals surface area contributed by atoms with E-state index in [1.54, 1.807) is 6.26 Å². The molecule has 0 saturated carbocycles. The highest BCUT2D eigenvalue weighted by molar-refractivity contribution is 5.25. The van der Waals surface area contributed by atoms with Gasteiger partial charge in [0.15, 0.2) is 0 Å². The van der Waals surface area contributed by atoms with E-state index in [1.165, 1.54) is 0 Å². The third-order valence-electron chi connectivity index (χ3n) is 2.60. The van der Waals surface area contributed by atoms with E-state index in [2.05, 4.69) is 11.9 Å². The maximum Gasteiger partial charge on any atom is 0.214 e. The lowest BCUT2D eigenvalue weighted by molar-refractivity contribution is 0.259. The summed E-state index contributed by atoms with van der Waals surface area (Å²) < 4.78 is 10.8. The number of aryl methyl sites for hydroxylation is 1. The standard InChI is InChI=1S/C14H18N2O2/c1-2-4-12-7-11(9-15)8-14(16-12)18-10-13-5-3-6-17-13/h3,5-8H,2,4,9-10,15H2,1H3.